The molecule has 47 heavy (non-hydrogen) atoms. The number of aromatic nitrogens is 2. The fraction of sp³-hybridized carbons (Fsp3) is 0.238. The summed E-state index contributed by atoms with van der Waals surface area (Å²) < 4.78 is 2.45. The lowest BCUT2D eigenvalue weighted by Crippen LogP contribution is -2.23. The first-order valence-electron chi connectivity index (χ1n) is 16.4. The Labute approximate surface area is 281 Å². The van der Waals surface area contributed by atoms with Crippen LogP contribution in [0.25, 0.3) is 11.1 Å². The summed E-state index contributed by atoms with van der Waals surface area (Å²) in [4.78, 5) is 17.6. The van der Waals surface area contributed by atoms with E-state index in [1.165, 1.54) is 75.9 Å². The van der Waals surface area contributed by atoms with E-state index < -0.39 is 0 Å². The Hall–Kier alpha value is -4.74. The predicted molar refractivity (Wildman–Crippen MR) is 200 cm³/mol. The molecule has 1 aliphatic carbocycles. The van der Waals surface area contributed by atoms with Gasteiger partial charge in [-0.05, 0) is 125 Å². The molecule has 0 fully saturated rings. The standard InChI is InChI=1S/C42H42N4S/c1-23-15-27(5)39(28(6)16-23)41-33-11-9-31(45-33)21-43-35-19-25(3)26(4)20-36(35)44-22-32-10-12-34(46-32)42(38-14-13-37(41)47-38)40-29(7)17-24(2)18-30(40)8/h9-22,35-36,45-46H,1-8H3/b41-37+,42-38+,43-21?,44-22?/t35-,36+. The quantitative estimate of drug-likeness (QED) is 0.197. The van der Waals surface area contributed by atoms with E-state index in [2.05, 4.69) is 138 Å². The van der Waals surface area contributed by atoms with E-state index in [1.807, 2.05) is 23.8 Å². The second-order valence-corrected chi connectivity index (χ2v) is 14.4. The van der Waals surface area contributed by atoms with E-state index in [0.717, 1.165) is 22.8 Å². The summed E-state index contributed by atoms with van der Waals surface area (Å²) in [6.45, 7) is 17.6. The smallest absolute Gasteiger partial charge is 0.0945 e. The lowest BCUT2D eigenvalue weighted by molar-refractivity contribution is 0.696. The molecule has 7 rings (SSSR count). The normalized spacial score (nSPS) is 20.1. The van der Waals surface area contributed by atoms with Gasteiger partial charge in [0.05, 0.1) is 23.5 Å². The largest absolute Gasteiger partial charge is 0.354 e. The van der Waals surface area contributed by atoms with Gasteiger partial charge in [-0.3, -0.25) is 9.98 Å². The molecule has 1 aliphatic heterocycles. The van der Waals surface area contributed by atoms with Crippen molar-refractivity contribution in [2.24, 2.45) is 9.98 Å². The third kappa shape index (κ3) is 5.85. The number of aryl methyl sites for hydroxylation is 6. The molecular formula is C42H42N4S. The highest BCUT2D eigenvalue weighted by molar-refractivity contribution is 7.08. The molecule has 6 bridgehead atoms. The number of allylic oxidation sites excluding steroid dienone is 2. The number of rotatable bonds is 2. The van der Waals surface area contributed by atoms with Gasteiger partial charge in [-0.1, -0.05) is 58.7 Å². The molecule has 0 spiro atoms. The van der Waals surface area contributed by atoms with E-state index in [9.17, 15) is 0 Å². The summed E-state index contributed by atoms with van der Waals surface area (Å²) in [5.41, 5.74) is 19.3. The second kappa shape index (κ2) is 12.1. The summed E-state index contributed by atoms with van der Waals surface area (Å²) in [7, 11) is 0. The van der Waals surface area contributed by atoms with Crippen molar-refractivity contribution in [3.63, 3.8) is 0 Å². The Balaban J connectivity index is 1.57. The molecule has 3 aromatic heterocycles. The van der Waals surface area contributed by atoms with Crippen molar-refractivity contribution in [1.82, 2.24) is 9.97 Å². The molecule has 236 valence electrons. The molecular weight excluding hydrogens is 593 g/mol. The maximum absolute atomic E-state index is 5.07. The van der Waals surface area contributed by atoms with Gasteiger partial charge in [0.25, 0.3) is 0 Å². The molecule has 4 heterocycles. The number of nitrogens with one attached hydrogen (secondary N) is 2. The van der Waals surface area contributed by atoms with Crippen LogP contribution in [0, 0.1) is 41.5 Å². The molecule has 2 aliphatic rings. The Morgan fingerprint density at radius 2 is 0.894 bits per heavy atom. The molecule has 2 N–H and O–H groups in total. The molecule has 2 aromatic carbocycles. The molecule has 0 unspecified atom stereocenters. The van der Waals surface area contributed by atoms with Gasteiger partial charge >= 0.3 is 0 Å². The highest BCUT2D eigenvalue weighted by atomic mass is 32.1. The predicted octanol–water partition coefficient (Wildman–Crippen LogP) is 8.24. The number of H-pyrrole nitrogens is 2. The van der Waals surface area contributed by atoms with Gasteiger partial charge in [0.1, 0.15) is 0 Å². The zero-order valence-electron chi connectivity index (χ0n) is 28.5. The van der Waals surface area contributed by atoms with E-state index >= 15 is 0 Å². The van der Waals surface area contributed by atoms with Crippen molar-refractivity contribution in [3.05, 3.63) is 160 Å². The molecule has 0 radical (unpaired) electrons. The number of fused-ring (bicyclic) bond motifs is 7. The summed E-state index contributed by atoms with van der Waals surface area (Å²) in [5, 5.41) is 0. The van der Waals surface area contributed by atoms with Crippen LogP contribution in [0.5, 0.6) is 0 Å². The number of benzene rings is 2. The first-order valence-corrected chi connectivity index (χ1v) is 17.2. The van der Waals surface area contributed by atoms with E-state index in [0.29, 0.717) is 0 Å². The van der Waals surface area contributed by atoms with Crippen molar-refractivity contribution >= 4 is 34.9 Å². The van der Waals surface area contributed by atoms with E-state index in [-0.39, 0.29) is 12.1 Å². The minimum absolute atomic E-state index is 0.0868. The minimum Gasteiger partial charge on any atom is -0.354 e. The Bertz CT molecular complexity index is 2090. The van der Waals surface area contributed by atoms with Crippen molar-refractivity contribution < 1.29 is 0 Å². The molecule has 2 atom stereocenters. The van der Waals surface area contributed by atoms with Crippen LogP contribution in [0.3, 0.4) is 0 Å². The summed E-state index contributed by atoms with van der Waals surface area (Å²) in [6, 6.07) is 22.3. The molecule has 5 heteroatoms. The molecule has 0 saturated heterocycles. The van der Waals surface area contributed by atoms with Gasteiger partial charge in [-0.15, -0.1) is 11.3 Å². The third-order valence-electron chi connectivity index (χ3n) is 9.49. The fourth-order valence-electron chi connectivity index (χ4n) is 7.37. The zero-order valence-corrected chi connectivity index (χ0v) is 29.4. The second-order valence-electron chi connectivity index (χ2n) is 13.4. The number of nitrogens with zero attached hydrogens (tertiary/aromatic N) is 2. The van der Waals surface area contributed by atoms with Crippen LogP contribution in [0.4, 0.5) is 0 Å². The summed E-state index contributed by atoms with van der Waals surface area (Å²) in [5.74, 6) is 0. The van der Waals surface area contributed by atoms with Gasteiger partial charge < -0.3 is 9.97 Å². The maximum atomic E-state index is 5.07. The van der Waals surface area contributed by atoms with Crippen molar-refractivity contribution in [2.45, 2.75) is 67.5 Å². The van der Waals surface area contributed by atoms with Crippen LogP contribution < -0.4 is 9.06 Å². The first-order chi connectivity index (χ1) is 22.5. The van der Waals surface area contributed by atoms with Crippen LogP contribution in [0.2, 0.25) is 0 Å². The van der Waals surface area contributed by atoms with Gasteiger partial charge in [-0.2, -0.15) is 0 Å². The van der Waals surface area contributed by atoms with Crippen LogP contribution in [0.1, 0.15) is 81.1 Å². The number of thiophene rings is 1. The highest BCUT2D eigenvalue weighted by Gasteiger charge is 2.22. The summed E-state index contributed by atoms with van der Waals surface area (Å²) >= 11 is 1.85. The zero-order chi connectivity index (χ0) is 33.0. The molecule has 5 aromatic rings. The number of hydrogen-bond acceptors (Lipinski definition) is 3. The van der Waals surface area contributed by atoms with Crippen molar-refractivity contribution in [3.8, 4) is 0 Å². The van der Waals surface area contributed by atoms with E-state index in [1.54, 1.807) is 0 Å². The van der Waals surface area contributed by atoms with Gasteiger partial charge in [0, 0.05) is 44.0 Å². The van der Waals surface area contributed by atoms with Crippen LogP contribution >= 0.6 is 11.3 Å². The lowest BCUT2D eigenvalue weighted by atomic mass is 9.92. The van der Waals surface area contributed by atoms with Crippen LogP contribution in [-0.2, 0) is 0 Å². The summed E-state index contributed by atoms with van der Waals surface area (Å²) in [6.07, 6.45) is 8.43. The SMILES string of the molecule is CC1=C[C@@H]2N=Cc3ccc([nH]3)/C(c3c(C)cc(C)cc3C)=c3/cc/c(s3)=C(\c3c(C)cc(C)cc3C)c3ccc([nH]3)C=N[C@@H]2C=C1C. The Morgan fingerprint density at radius 1 is 0.511 bits per heavy atom. The number of aromatic amines is 2. The highest BCUT2D eigenvalue weighted by Crippen LogP contribution is 2.31. The van der Waals surface area contributed by atoms with E-state index in [4.69, 9.17) is 9.98 Å². The number of hydrogen-bond donors (Lipinski definition) is 2. The fourth-order valence-corrected chi connectivity index (χ4v) is 8.51. The topological polar surface area (TPSA) is 56.3 Å². The Morgan fingerprint density at radius 3 is 1.28 bits per heavy atom. The van der Waals surface area contributed by atoms with Gasteiger partial charge in [0.15, 0.2) is 0 Å². The molecule has 0 amide bonds. The first kappa shape index (κ1) is 30.9. The lowest BCUT2D eigenvalue weighted by Gasteiger charge is -2.21. The van der Waals surface area contributed by atoms with Gasteiger partial charge in [-0.25, -0.2) is 0 Å². The molecule has 4 nitrogen and oxygen atoms in total. The molecule has 0 saturated carbocycles. The average molecular weight is 635 g/mol. The minimum atomic E-state index is -0.0868. The maximum Gasteiger partial charge on any atom is 0.0945 e. The monoisotopic (exact) mass is 634 g/mol. The number of aliphatic imine (C=N–C) groups is 2. The van der Waals surface area contributed by atoms with Crippen molar-refractivity contribution in [2.75, 3.05) is 0 Å². The Kier molecular flexibility index (Phi) is 7.97. The average Bonchev–Trinajstić information content (AvgIpc) is 3.78. The van der Waals surface area contributed by atoms with Crippen molar-refractivity contribution in [1.29, 1.82) is 0 Å². The van der Waals surface area contributed by atoms with Gasteiger partial charge in [0.2, 0.25) is 0 Å². The van der Waals surface area contributed by atoms with Crippen LogP contribution in [0.15, 0.2) is 93.9 Å². The third-order valence-corrected chi connectivity index (χ3v) is 10.6. The van der Waals surface area contributed by atoms with Crippen LogP contribution in [-0.4, -0.2) is 34.5 Å².